The molecule has 3 aromatic carbocycles. The van der Waals surface area contributed by atoms with Gasteiger partial charge in [0.05, 0.1) is 18.9 Å². The Hall–Kier alpha value is -3.91. The van der Waals surface area contributed by atoms with Gasteiger partial charge in [0.1, 0.15) is 11.0 Å². The highest BCUT2D eigenvalue weighted by Crippen LogP contribution is 2.39. The average molecular weight is 527 g/mol. The summed E-state index contributed by atoms with van der Waals surface area (Å²) in [4.78, 5) is 30.0. The number of hydrazone groups is 1. The van der Waals surface area contributed by atoms with Crippen LogP contribution in [0.1, 0.15) is 46.7 Å². The molecule has 0 bridgehead atoms. The third kappa shape index (κ3) is 5.50. The minimum atomic E-state index is -0.588. The Balaban J connectivity index is 1.35. The maximum atomic E-state index is 12.9. The highest BCUT2D eigenvalue weighted by molar-refractivity contribution is 8.15. The van der Waals surface area contributed by atoms with Gasteiger partial charge in [-0.3, -0.25) is 9.59 Å². The van der Waals surface area contributed by atoms with Gasteiger partial charge in [-0.25, -0.2) is 5.01 Å². The van der Waals surface area contributed by atoms with Crippen molar-refractivity contribution in [1.29, 1.82) is 0 Å². The normalized spacial score (nSPS) is 18.8. The summed E-state index contributed by atoms with van der Waals surface area (Å²) in [6, 6.07) is 21.9. The van der Waals surface area contributed by atoms with Crippen molar-refractivity contribution in [3.63, 3.8) is 0 Å². The fourth-order valence-corrected chi connectivity index (χ4v) is 5.68. The van der Waals surface area contributed by atoms with E-state index in [4.69, 9.17) is 9.84 Å². The number of rotatable bonds is 6. The van der Waals surface area contributed by atoms with Crippen molar-refractivity contribution in [2.45, 2.75) is 44.9 Å². The lowest BCUT2D eigenvalue weighted by Gasteiger charge is -2.23. The van der Waals surface area contributed by atoms with Crippen molar-refractivity contribution in [3.8, 4) is 5.75 Å². The van der Waals surface area contributed by atoms with Crippen molar-refractivity contribution in [2.75, 3.05) is 12.4 Å². The second-order valence-corrected chi connectivity index (χ2v) is 10.8. The van der Waals surface area contributed by atoms with E-state index in [9.17, 15) is 9.59 Å². The van der Waals surface area contributed by atoms with Crippen LogP contribution >= 0.6 is 11.8 Å². The Morgan fingerprint density at radius 1 is 1.03 bits per heavy atom. The predicted octanol–water partition coefficient (Wildman–Crippen LogP) is 5.80. The summed E-state index contributed by atoms with van der Waals surface area (Å²) in [7, 11) is 1.64. The SMILES string of the molecule is COc1ccc(C2=NN(C3=NC(=O)[C@H](CC(=O)Nc4ccc(C)cc4C)S3)[C@@H](c3ccc(C)cc3)C2)cc1. The number of hydrogen-bond donors (Lipinski definition) is 1. The van der Waals surface area contributed by atoms with Crippen LogP contribution in [0.4, 0.5) is 5.69 Å². The molecule has 0 aromatic heterocycles. The minimum Gasteiger partial charge on any atom is -0.497 e. The lowest BCUT2D eigenvalue weighted by molar-refractivity contribution is -0.121. The molecule has 0 radical (unpaired) electrons. The van der Waals surface area contributed by atoms with Gasteiger partial charge >= 0.3 is 0 Å². The molecule has 2 amide bonds. The van der Waals surface area contributed by atoms with Crippen molar-refractivity contribution < 1.29 is 14.3 Å². The van der Waals surface area contributed by atoms with Crippen molar-refractivity contribution in [2.24, 2.45) is 10.1 Å². The number of anilines is 1. The van der Waals surface area contributed by atoms with Gasteiger partial charge in [0.15, 0.2) is 5.17 Å². The van der Waals surface area contributed by atoms with Gasteiger partial charge in [0.2, 0.25) is 5.91 Å². The Bertz CT molecular complexity index is 1430. The van der Waals surface area contributed by atoms with E-state index in [1.807, 2.05) is 61.3 Å². The number of thioether (sulfide) groups is 1. The fraction of sp³-hybridized carbons (Fsp3) is 0.267. The quantitative estimate of drug-likeness (QED) is 0.439. The highest BCUT2D eigenvalue weighted by atomic mass is 32.2. The van der Waals surface area contributed by atoms with Crippen molar-refractivity contribution in [3.05, 3.63) is 94.5 Å². The number of nitrogens with one attached hydrogen (secondary N) is 1. The molecular weight excluding hydrogens is 496 g/mol. The van der Waals surface area contributed by atoms with E-state index < -0.39 is 5.25 Å². The summed E-state index contributed by atoms with van der Waals surface area (Å²) in [5, 5.41) is 9.63. The molecule has 38 heavy (non-hydrogen) atoms. The first-order chi connectivity index (χ1) is 18.3. The molecule has 0 saturated carbocycles. The third-order valence-electron chi connectivity index (χ3n) is 6.75. The molecule has 0 aliphatic carbocycles. The molecule has 7 nitrogen and oxygen atoms in total. The second kappa shape index (κ2) is 10.8. The molecule has 2 aliphatic rings. The number of hydrogen-bond acceptors (Lipinski definition) is 6. The van der Waals surface area contributed by atoms with Crippen molar-refractivity contribution in [1.82, 2.24) is 5.01 Å². The molecule has 1 N–H and O–H groups in total. The maximum Gasteiger partial charge on any atom is 0.262 e. The number of nitrogens with zero attached hydrogens (tertiary/aromatic N) is 3. The van der Waals surface area contributed by atoms with Crippen LogP contribution in [0.2, 0.25) is 0 Å². The zero-order valence-corrected chi connectivity index (χ0v) is 22.7. The molecule has 2 atom stereocenters. The van der Waals surface area contributed by atoms with Crippen LogP contribution in [0, 0.1) is 20.8 Å². The number of aryl methyl sites for hydroxylation is 3. The summed E-state index contributed by atoms with van der Waals surface area (Å²) in [6.07, 6.45) is 0.711. The standard InChI is InChI=1S/C30H30N4O3S/c1-18-5-8-22(9-6-18)26-16-25(21-10-12-23(37-4)13-11-21)33-34(26)30-32-29(36)27(38-30)17-28(35)31-24-14-7-19(2)15-20(24)3/h5-15,26-27H,16-17H2,1-4H3,(H,31,35)/t26-,27+/m1/s1. The van der Waals surface area contributed by atoms with Crippen molar-refractivity contribution >= 4 is 40.1 Å². The van der Waals surface area contributed by atoms with E-state index >= 15 is 0 Å². The van der Waals surface area contributed by atoms with Crippen LogP contribution in [0.25, 0.3) is 0 Å². The van der Waals surface area contributed by atoms with Crippen LogP contribution in [0.15, 0.2) is 76.8 Å². The van der Waals surface area contributed by atoms with Crippen LogP contribution in [-0.2, 0) is 9.59 Å². The number of benzene rings is 3. The lowest BCUT2D eigenvalue weighted by Crippen LogP contribution is -2.25. The largest absolute Gasteiger partial charge is 0.497 e. The number of methoxy groups -OCH3 is 1. The summed E-state index contributed by atoms with van der Waals surface area (Å²) in [5.41, 5.74) is 7.03. The number of carbonyl (C=O) groups is 2. The fourth-order valence-electron chi connectivity index (χ4n) is 4.62. The van der Waals surface area contributed by atoms with E-state index in [1.165, 1.54) is 17.3 Å². The topological polar surface area (TPSA) is 83.4 Å². The number of amides is 2. The molecule has 194 valence electrons. The monoisotopic (exact) mass is 526 g/mol. The zero-order chi connectivity index (χ0) is 26.8. The Kier molecular flexibility index (Phi) is 7.33. The summed E-state index contributed by atoms with van der Waals surface area (Å²) in [6.45, 7) is 6.02. The lowest BCUT2D eigenvalue weighted by atomic mass is 9.98. The molecule has 0 saturated heterocycles. The number of ether oxygens (including phenoxy) is 1. The minimum absolute atomic E-state index is 0.0436. The first-order valence-electron chi connectivity index (χ1n) is 12.5. The van der Waals surface area contributed by atoms with Crippen LogP contribution < -0.4 is 10.1 Å². The van der Waals surface area contributed by atoms with Gasteiger partial charge in [0, 0.05) is 18.5 Å². The molecule has 2 heterocycles. The number of carbonyl (C=O) groups excluding carboxylic acids is 2. The summed E-state index contributed by atoms with van der Waals surface area (Å²) < 4.78 is 5.30. The van der Waals surface area contributed by atoms with Gasteiger partial charge in [-0.2, -0.15) is 10.1 Å². The molecule has 3 aromatic rings. The van der Waals surface area contributed by atoms with E-state index in [2.05, 4.69) is 41.5 Å². The Morgan fingerprint density at radius 3 is 2.42 bits per heavy atom. The van der Waals surface area contributed by atoms with Gasteiger partial charge < -0.3 is 10.1 Å². The van der Waals surface area contributed by atoms with Gasteiger partial charge in [-0.1, -0.05) is 59.3 Å². The second-order valence-electron chi connectivity index (χ2n) is 9.66. The predicted molar refractivity (Wildman–Crippen MR) is 153 cm³/mol. The molecule has 0 fully saturated rings. The smallest absolute Gasteiger partial charge is 0.262 e. The molecule has 5 rings (SSSR count). The maximum absolute atomic E-state index is 12.9. The molecule has 0 unspecified atom stereocenters. The zero-order valence-electron chi connectivity index (χ0n) is 21.9. The number of aliphatic imine (C=N–C) groups is 1. The summed E-state index contributed by atoms with van der Waals surface area (Å²) >= 11 is 1.30. The van der Waals surface area contributed by atoms with Crippen LogP contribution in [-0.4, -0.2) is 40.1 Å². The Labute approximate surface area is 227 Å². The number of amidine groups is 1. The van der Waals surface area contributed by atoms with Gasteiger partial charge in [-0.15, -0.1) is 0 Å². The van der Waals surface area contributed by atoms with E-state index in [1.54, 1.807) is 7.11 Å². The van der Waals surface area contributed by atoms with E-state index in [0.29, 0.717) is 11.6 Å². The average Bonchev–Trinajstić information content (AvgIpc) is 3.50. The molecule has 2 aliphatic heterocycles. The van der Waals surface area contributed by atoms with Gasteiger partial charge in [0.25, 0.3) is 5.91 Å². The van der Waals surface area contributed by atoms with Crippen LogP contribution in [0.3, 0.4) is 0 Å². The summed E-state index contributed by atoms with van der Waals surface area (Å²) in [5.74, 6) is 0.261. The van der Waals surface area contributed by atoms with E-state index in [0.717, 1.165) is 39.4 Å². The molecular formula is C30H30N4O3S. The third-order valence-corrected chi connectivity index (χ3v) is 7.89. The first-order valence-corrected chi connectivity index (χ1v) is 13.4. The van der Waals surface area contributed by atoms with Gasteiger partial charge in [-0.05, 0) is 67.8 Å². The Morgan fingerprint density at radius 2 is 1.74 bits per heavy atom. The molecule has 8 heteroatoms. The van der Waals surface area contributed by atoms with Crippen LogP contribution in [0.5, 0.6) is 5.75 Å². The van der Waals surface area contributed by atoms with E-state index in [-0.39, 0.29) is 24.3 Å². The molecule has 0 spiro atoms. The highest BCUT2D eigenvalue weighted by Gasteiger charge is 2.39. The first kappa shape index (κ1) is 25.7.